The van der Waals surface area contributed by atoms with Crippen LogP contribution in [0, 0.1) is 5.82 Å². The summed E-state index contributed by atoms with van der Waals surface area (Å²) in [6.07, 6.45) is 0. The van der Waals surface area contributed by atoms with Gasteiger partial charge in [0.1, 0.15) is 18.9 Å². The smallest absolute Gasteiger partial charge is 0.424 e. The van der Waals surface area contributed by atoms with Crippen LogP contribution in [-0.4, -0.2) is 9.55 Å². The molecule has 0 aliphatic rings. The molecule has 170 valence electrons. The second-order valence-electron chi connectivity index (χ2n) is 7.44. The molecule has 0 atom stereocenters. The van der Waals surface area contributed by atoms with Crippen LogP contribution in [0.3, 0.4) is 0 Å². The molecule has 0 spiro atoms. The van der Waals surface area contributed by atoms with Crippen molar-refractivity contribution >= 4 is 27.0 Å². The molecule has 3 aromatic carbocycles. The molecule has 0 saturated heterocycles. The van der Waals surface area contributed by atoms with E-state index in [9.17, 15) is 9.18 Å². The minimum atomic E-state index is -0.753. The van der Waals surface area contributed by atoms with Gasteiger partial charge >= 0.3 is 5.76 Å². The van der Waals surface area contributed by atoms with E-state index in [-0.39, 0.29) is 28.1 Å². The molecular formula is C26H18BrFN2O4. The predicted molar refractivity (Wildman–Crippen MR) is 129 cm³/mol. The van der Waals surface area contributed by atoms with E-state index in [4.69, 9.17) is 13.9 Å². The Hall–Kier alpha value is -3.91. The zero-order valence-corrected chi connectivity index (χ0v) is 19.4. The molecule has 0 aliphatic heterocycles. The average molecular weight is 521 g/mol. The Morgan fingerprint density at radius 3 is 2.18 bits per heavy atom. The van der Waals surface area contributed by atoms with Crippen molar-refractivity contribution in [2.24, 2.45) is 0 Å². The zero-order chi connectivity index (χ0) is 23.5. The molecule has 0 amide bonds. The van der Waals surface area contributed by atoms with Crippen LogP contribution >= 0.6 is 15.9 Å². The Balaban J connectivity index is 1.54. The quantitative estimate of drug-likeness (QED) is 0.261. The summed E-state index contributed by atoms with van der Waals surface area (Å²) >= 11 is 3.12. The maximum atomic E-state index is 14.5. The van der Waals surface area contributed by atoms with E-state index in [1.54, 1.807) is 18.2 Å². The number of oxazole rings is 1. The Morgan fingerprint density at radius 2 is 1.50 bits per heavy atom. The van der Waals surface area contributed by atoms with Gasteiger partial charge < -0.3 is 13.9 Å². The van der Waals surface area contributed by atoms with E-state index in [0.717, 1.165) is 11.1 Å². The van der Waals surface area contributed by atoms with Crippen molar-refractivity contribution in [2.45, 2.75) is 13.2 Å². The highest BCUT2D eigenvalue weighted by Gasteiger charge is 2.21. The second-order valence-corrected chi connectivity index (χ2v) is 8.29. The van der Waals surface area contributed by atoms with Crippen LogP contribution in [0.25, 0.3) is 16.8 Å². The zero-order valence-electron chi connectivity index (χ0n) is 17.8. The third-order valence-corrected chi connectivity index (χ3v) is 5.76. The summed E-state index contributed by atoms with van der Waals surface area (Å²) in [6, 6.07) is 25.6. The van der Waals surface area contributed by atoms with Crippen molar-refractivity contribution in [3.05, 3.63) is 117 Å². The van der Waals surface area contributed by atoms with Gasteiger partial charge in [-0.1, -0.05) is 60.7 Å². The van der Waals surface area contributed by atoms with Gasteiger partial charge in [0.15, 0.2) is 11.4 Å². The van der Waals surface area contributed by atoms with Crippen LogP contribution in [0.4, 0.5) is 4.39 Å². The maximum absolute atomic E-state index is 14.5. The molecule has 8 heteroatoms. The van der Waals surface area contributed by atoms with Crippen LogP contribution in [0.5, 0.6) is 11.8 Å². The minimum Gasteiger partial charge on any atom is -0.473 e. The lowest BCUT2D eigenvalue weighted by Gasteiger charge is -2.13. The second kappa shape index (κ2) is 9.52. The van der Waals surface area contributed by atoms with Crippen molar-refractivity contribution in [1.29, 1.82) is 0 Å². The van der Waals surface area contributed by atoms with Crippen molar-refractivity contribution in [2.75, 3.05) is 0 Å². The highest BCUT2D eigenvalue weighted by atomic mass is 79.9. The third-order valence-electron chi connectivity index (χ3n) is 5.15. The molecule has 6 nitrogen and oxygen atoms in total. The average Bonchev–Trinajstić information content (AvgIpc) is 3.21. The van der Waals surface area contributed by atoms with E-state index in [2.05, 4.69) is 20.9 Å². The van der Waals surface area contributed by atoms with Gasteiger partial charge in [-0.15, -0.1) is 0 Å². The first kappa shape index (κ1) is 21.9. The van der Waals surface area contributed by atoms with Crippen LogP contribution in [0.2, 0.25) is 0 Å². The fourth-order valence-electron chi connectivity index (χ4n) is 3.48. The van der Waals surface area contributed by atoms with Gasteiger partial charge in [-0.05, 0) is 45.3 Å². The molecule has 0 bridgehead atoms. The molecule has 0 unspecified atom stereocenters. The molecule has 0 fully saturated rings. The normalized spacial score (nSPS) is 11.0. The number of ether oxygens (including phenoxy) is 2. The van der Waals surface area contributed by atoms with Crippen molar-refractivity contribution in [3.63, 3.8) is 0 Å². The molecule has 34 heavy (non-hydrogen) atoms. The van der Waals surface area contributed by atoms with Crippen LogP contribution in [-0.2, 0) is 13.2 Å². The largest absolute Gasteiger partial charge is 0.473 e. The van der Waals surface area contributed by atoms with Crippen molar-refractivity contribution in [1.82, 2.24) is 9.55 Å². The number of rotatable bonds is 7. The Bertz CT molecular complexity index is 1500. The fraction of sp³-hybridized carbons (Fsp3) is 0.0769. The number of hydrogen-bond acceptors (Lipinski definition) is 5. The third kappa shape index (κ3) is 4.45. The van der Waals surface area contributed by atoms with E-state index >= 15 is 0 Å². The number of hydrogen-bond donors (Lipinski definition) is 0. The summed E-state index contributed by atoms with van der Waals surface area (Å²) in [5, 5.41) is 0. The van der Waals surface area contributed by atoms with Crippen LogP contribution in [0.15, 0.2) is 98.6 Å². The van der Waals surface area contributed by atoms with Crippen molar-refractivity contribution < 1.29 is 18.3 Å². The molecule has 5 rings (SSSR count). The number of fused-ring (bicyclic) bond motifs is 1. The highest BCUT2D eigenvalue weighted by Crippen LogP contribution is 2.30. The summed E-state index contributed by atoms with van der Waals surface area (Å²) in [5.41, 5.74) is 2.32. The summed E-state index contributed by atoms with van der Waals surface area (Å²) in [6.45, 7) is 0.534. The van der Waals surface area contributed by atoms with E-state index in [0.29, 0.717) is 18.2 Å². The van der Waals surface area contributed by atoms with Gasteiger partial charge in [0.2, 0.25) is 11.8 Å². The van der Waals surface area contributed by atoms with E-state index < -0.39 is 11.6 Å². The van der Waals surface area contributed by atoms with Crippen LogP contribution in [0.1, 0.15) is 11.1 Å². The SMILES string of the molecule is O=c1oc2c(F)c(Br)ccc2n1-c1ccc(OCc2ccccc2)nc1OCc1ccccc1. The van der Waals surface area contributed by atoms with Gasteiger partial charge in [0.05, 0.1) is 9.99 Å². The Labute approximate surface area is 202 Å². The summed E-state index contributed by atoms with van der Waals surface area (Å²) in [4.78, 5) is 17.2. The van der Waals surface area contributed by atoms with Gasteiger partial charge in [0, 0.05) is 6.07 Å². The maximum Gasteiger partial charge on any atom is 0.424 e. The standard InChI is InChI=1S/C26H18BrFN2O4/c27-19-11-12-20-24(23(19)28)34-26(31)30(20)21-13-14-22(32-15-17-7-3-1-4-8-17)29-25(21)33-16-18-9-5-2-6-10-18/h1-14H,15-16H2. The molecule has 0 aliphatic carbocycles. The Kier molecular flexibility index (Phi) is 6.14. The predicted octanol–water partition coefficient (Wildman–Crippen LogP) is 6.04. The molecular weight excluding hydrogens is 503 g/mol. The number of pyridine rings is 1. The van der Waals surface area contributed by atoms with Gasteiger partial charge in [0.25, 0.3) is 0 Å². The van der Waals surface area contributed by atoms with Crippen molar-refractivity contribution in [3.8, 4) is 17.4 Å². The first-order chi connectivity index (χ1) is 16.6. The molecule has 0 N–H and O–H groups in total. The first-order valence-electron chi connectivity index (χ1n) is 10.4. The molecule has 0 saturated carbocycles. The topological polar surface area (TPSA) is 66.5 Å². The summed E-state index contributed by atoms with van der Waals surface area (Å²) in [5.74, 6) is -0.930. The lowest BCUT2D eigenvalue weighted by Crippen LogP contribution is -2.14. The fourth-order valence-corrected chi connectivity index (χ4v) is 3.80. The van der Waals surface area contributed by atoms with Gasteiger partial charge in [-0.3, -0.25) is 0 Å². The number of halogens is 2. The number of benzene rings is 3. The molecule has 0 radical (unpaired) electrons. The summed E-state index contributed by atoms with van der Waals surface area (Å²) < 4.78 is 33.0. The van der Waals surface area contributed by atoms with Gasteiger partial charge in [-0.25, -0.2) is 13.8 Å². The number of nitrogens with zero attached hydrogens (tertiary/aromatic N) is 2. The van der Waals surface area contributed by atoms with Gasteiger partial charge in [-0.2, -0.15) is 4.98 Å². The molecule has 5 aromatic rings. The first-order valence-corrected chi connectivity index (χ1v) is 11.2. The van der Waals surface area contributed by atoms with E-state index in [1.165, 1.54) is 10.6 Å². The molecule has 2 aromatic heterocycles. The number of aromatic nitrogens is 2. The monoisotopic (exact) mass is 520 g/mol. The van der Waals surface area contributed by atoms with Crippen LogP contribution < -0.4 is 15.2 Å². The molecule has 2 heterocycles. The van der Waals surface area contributed by atoms with E-state index in [1.807, 2.05) is 60.7 Å². The highest BCUT2D eigenvalue weighted by molar-refractivity contribution is 9.10. The summed E-state index contributed by atoms with van der Waals surface area (Å²) in [7, 11) is 0. The lowest BCUT2D eigenvalue weighted by molar-refractivity contribution is 0.267. The minimum absolute atomic E-state index is 0.155. The lowest BCUT2D eigenvalue weighted by atomic mass is 10.2. The Morgan fingerprint density at radius 1 is 0.853 bits per heavy atom.